The van der Waals surface area contributed by atoms with Gasteiger partial charge in [0.2, 0.25) is 0 Å². The Balaban J connectivity index is 2.35. The fraction of sp³-hybridized carbons (Fsp3) is 0.267. The Hall–Kier alpha value is -2.43. The number of ketones is 1. The van der Waals surface area contributed by atoms with E-state index >= 15 is 0 Å². The maximum atomic E-state index is 12.4. The first kappa shape index (κ1) is 12.6. The molecule has 0 radical (unpaired) electrons. The second-order valence-electron chi connectivity index (χ2n) is 5.73. The van der Waals surface area contributed by atoms with Crippen molar-refractivity contribution in [2.75, 3.05) is 0 Å². The summed E-state index contributed by atoms with van der Waals surface area (Å²) >= 11 is 0. The molecule has 3 rings (SSSR count). The van der Waals surface area contributed by atoms with E-state index in [1.54, 1.807) is 32.9 Å². The molecular formula is C15H14N2O3. The van der Waals surface area contributed by atoms with E-state index in [2.05, 4.69) is 9.97 Å². The highest BCUT2D eigenvalue weighted by molar-refractivity contribution is 6.10. The summed E-state index contributed by atoms with van der Waals surface area (Å²) in [5, 5.41) is 9.91. The van der Waals surface area contributed by atoms with Gasteiger partial charge in [0.05, 0.1) is 11.0 Å². The number of aromatic hydroxyl groups is 1. The molecule has 2 heterocycles. The van der Waals surface area contributed by atoms with Crippen molar-refractivity contribution in [3.8, 4) is 5.95 Å². The minimum Gasteiger partial charge on any atom is -0.480 e. The maximum absolute atomic E-state index is 12.4. The molecule has 0 fully saturated rings. The predicted octanol–water partition coefficient (Wildman–Crippen LogP) is 3.31. The van der Waals surface area contributed by atoms with Crippen LogP contribution in [0.3, 0.4) is 0 Å². The first-order valence-corrected chi connectivity index (χ1v) is 6.31. The lowest BCUT2D eigenvalue weighted by atomic mass is 9.87. The lowest BCUT2D eigenvalue weighted by molar-refractivity contribution is 0.0854. The zero-order valence-electron chi connectivity index (χ0n) is 11.5. The number of nitrogens with zero attached hydrogens (tertiary/aromatic N) is 2. The molecule has 102 valence electrons. The largest absolute Gasteiger partial charge is 0.480 e. The number of para-hydroxylation sites is 2. The van der Waals surface area contributed by atoms with Crippen molar-refractivity contribution in [3.63, 3.8) is 0 Å². The number of aromatic nitrogens is 2. The quantitative estimate of drug-likeness (QED) is 0.686. The standard InChI is InChI=1S/C15H14N2O3/c1-15(2,3)12(18)10-11-13(20-14(10)19)17-9-7-5-4-6-8(9)16-11/h4-7,19H,1-3H3. The maximum Gasteiger partial charge on any atom is 0.297 e. The molecule has 1 aromatic carbocycles. The summed E-state index contributed by atoms with van der Waals surface area (Å²) in [5.41, 5.74) is 1.26. The zero-order valence-corrected chi connectivity index (χ0v) is 11.5. The number of hydrogen-bond acceptors (Lipinski definition) is 5. The summed E-state index contributed by atoms with van der Waals surface area (Å²) in [6, 6.07) is 7.28. The Morgan fingerprint density at radius 3 is 2.35 bits per heavy atom. The van der Waals surface area contributed by atoms with Crippen molar-refractivity contribution < 1.29 is 14.3 Å². The van der Waals surface area contributed by atoms with Gasteiger partial charge in [-0.2, -0.15) is 0 Å². The summed E-state index contributed by atoms with van der Waals surface area (Å²) < 4.78 is 5.18. The van der Waals surface area contributed by atoms with Gasteiger partial charge in [-0.05, 0) is 12.1 Å². The Labute approximate surface area is 115 Å². The van der Waals surface area contributed by atoms with Crippen molar-refractivity contribution in [1.82, 2.24) is 9.97 Å². The SMILES string of the molecule is CC(C)(C)C(=O)c1c(O)oc2nc3ccccc3nc12. The third-order valence-corrected chi connectivity index (χ3v) is 3.09. The molecule has 0 spiro atoms. The molecule has 3 aromatic rings. The molecule has 5 nitrogen and oxygen atoms in total. The summed E-state index contributed by atoms with van der Waals surface area (Å²) in [6.07, 6.45) is 0. The normalized spacial score (nSPS) is 12.2. The zero-order chi connectivity index (χ0) is 14.5. The Morgan fingerprint density at radius 2 is 1.75 bits per heavy atom. The predicted molar refractivity (Wildman–Crippen MR) is 74.8 cm³/mol. The van der Waals surface area contributed by atoms with Gasteiger partial charge in [-0.1, -0.05) is 32.9 Å². The molecular weight excluding hydrogens is 256 g/mol. The highest BCUT2D eigenvalue weighted by Gasteiger charge is 2.31. The molecule has 0 aliphatic carbocycles. The van der Waals surface area contributed by atoms with Gasteiger partial charge < -0.3 is 9.52 Å². The van der Waals surface area contributed by atoms with Crippen molar-refractivity contribution in [2.45, 2.75) is 20.8 Å². The number of carbonyl (C=O) groups excluding carboxylic acids is 1. The molecule has 0 saturated heterocycles. The number of carbonyl (C=O) groups is 1. The second kappa shape index (κ2) is 4.03. The molecule has 5 heteroatoms. The topological polar surface area (TPSA) is 76.2 Å². The minimum atomic E-state index is -0.637. The molecule has 0 amide bonds. The van der Waals surface area contributed by atoms with Crippen LogP contribution in [0, 0.1) is 5.41 Å². The number of rotatable bonds is 1. The van der Waals surface area contributed by atoms with Gasteiger partial charge >= 0.3 is 0 Å². The summed E-state index contributed by atoms with van der Waals surface area (Å²) in [4.78, 5) is 21.1. The van der Waals surface area contributed by atoms with Crippen molar-refractivity contribution in [3.05, 3.63) is 29.8 Å². The highest BCUT2D eigenvalue weighted by Crippen LogP contribution is 2.34. The first-order valence-electron chi connectivity index (χ1n) is 6.31. The monoisotopic (exact) mass is 270 g/mol. The molecule has 20 heavy (non-hydrogen) atoms. The van der Waals surface area contributed by atoms with Gasteiger partial charge in [0, 0.05) is 5.41 Å². The third kappa shape index (κ3) is 1.82. The summed E-state index contributed by atoms with van der Waals surface area (Å²) in [7, 11) is 0. The van der Waals surface area contributed by atoms with Crippen LogP contribution in [-0.4, -0.2) is 20.9 Å². The van der Waals surface area contributed by atoms with Gasteiger partial charge in [0.1, 0.15) is 11.1 Å². The molecule has 1 N–H and O–H groups in total. The van der Waals surface area contributed by atoms with E-state index in [-0.39, 0.29) is 17.1 Å². The number of hydrogen-bond donors (Lipinski definition) is 1. The van der Waals surface area contributed by atoms with Crippen LogP contribution >= 0.6 is 0 Å². The van der Waals surface area contributed by atoms with Crippen molar-refractivity contribution >= 4 is 28.0 Å². The Kier molecular flexibility index (Phi) is 2.54. The summed E-state index contributed by atoms with van der Waals surface area (Å²) in [6.45, 7) is 5.34. The van der Waals surface area contributed by atoms with Gasteiger partial charge in [0.15, 0.2) is 5.78 Å². The molecule has 0 unspecified atom stereocenters. The van der Waals surface area contributed by atoms with E-state index in [0.29, 0.717) is 16.6 Å². The fourth-order valence-electron chi connectivity index (χ4n) is 2.04. The van der Waals surface area contributed by atoms with E-state index in [4.69, 9.17) is 4.42 Å². The van der Waals surface area contributed by atoms with Crippen LogP contribution in [0.25, 0.3) is 22.3 Å². The number of furan rings is 1. The number of Topliss-reactive ketones (excluding diaryl/α,β-unsaturated/α-hetero) is 1. The van der Waals surface area contributed by atoms with Crippen LogP contribution in [-0.2, 0) is 0 Å². The molecule has 0 saturated carbocycles. The lowest BCUT2D eigenvalue weighted by Gasteiger charge is -2.15. The molecule has 0 aliphatic heterocycles. The Morgan fingerprint density at radius 1 is 1.15 bits per heavy atom. The van der Waals surface area contributed by atoms with Crippen LogP contribution in [0.2, 0.25) is 0 Å². The van der Waals surface area contributed by atoms with Crippen LogP contribution in [0.15, 0.2) is 28.7 Å². The highest BCUT2D eigenvalue weighted by atomic mass is 16.5. The van der Waals surface area contributed by atoms with Gasteiger partial charge in [-0.15, -0.1) is 0 Å². The fourth-order valence-corrected chi connectivity index (χ4v) is 2.04. The first-order chi connectivity index (χ1) is 9.38. The average molecular weight is 270 g/mol. The molecule has 0 aliphatic rings. The average Bonchev–Trinajstić information content (AvgIpc) is 2.68. The van der Waals surface area contributed by atoms with Crippen LogP contribution < -0.4 is 0 Å². The van der Waals surface area contributed by atoms with E-state index in [9.17, 15) is 9.90 Å². The van der Waals surface area contributed by atoms with Crippen LogP contribution in [0.1, 0.15) is 31.1 Å². The Bertz CT molecular complexity index is 828. The van der Waals surface area contributed by atoms with Crippen molar-refractivity contribution in [2.24, 2.45) is 5.41 Å². The van der Waals surface area contributed by atoms with E-state index in [1.165, 1.54) is 0 Å². The van der Waals surface area contributed by atoms with Crippen LogP contribution in [0.4, 0.5) is 0 Å². The second-order valence-corrected chi connectivity index (χ2v) is 5.73. The smallest absolute Gasteiger partial charge is 0.297 e. The molecule has 0 bridgehead atoms. The molecule has 2 aromatic heterocycles. The number of benzene rings is 1. The third-order valence-electron chi connectivity index (χ3n) is 3.09. The van der Waals surface area contributed by atoms with Gasteiger partial charge in [-0.25, -0.2) is 9.97 Å². The van der Waals surface area contributed by atoms with Gasteiger partial charge in [-0.3, -0.25) is 4.79 Å². The lowest BCUT2D eigenvalue weighted by Crippen LogP contribution is -2.20. The number of fused-ring (bicyclic) bond motifs is 2. The van der Waals surface area contributed by atoms with Crippen LogP contribution in [0.5, 0.6) is 5.95 Å². The van der Waals surface area contributed by atoms with E-state index < -0.39 is 11.4 Å². The molecule has 0 atom stereocenters. The van der Waals surface area contributed by atoms with E-state index in [1.807, 2.05) is 12.1 Å². The van der Waals surface area contributed by atoms with Gasteiger partial charge in [0.25, 0.3) is 11.7 Å². The minimum absolute atomic E-state index is 0.103. The van der Waals surface area contributed by atoms with E-state index in [0.717, 1.165) is 0 Å². The summed E-state index contributed by atoms with van der Waals surface area (Å²) in [5.74, 6) is -0.645. The van der Waals surface area contributed by atoms with Crippen molar-refractivity contribution in [1.29, 1.82) is 0 Å².